The lowest BCUT2D eigenvalue weighted by Gasteiger charge is -2.22. The summed E-state index contributed by atoms with van der Waals surface area (Å²) in [5.74, 6) is 0. The molecule has 1 atom stereocenters. The van der Waals surface area contributed by atoms with E-state index in [4.69, 9.17) is 11.6 Å². The van der Waals surface area contributed by atoms with Gasteiger partial charge < -0.3 is 5.11 Å². The second-order valence-corrected chi connectivity index (χ2v) is 7.04. The van der Waals surface area contributed by atoms with Gasteiger partial charge in [-0.3, -0.25) is 0 Å². The molecule has 0 saturated heterocycles. The van der Waals surface area contributed by atoms with Crippen LogP contribution in [0.2, 0.25) is 5.02 Å². The lowest BCUT2D eigenvalue weighted by molar-refractivity contribution is 0.171. The molecule has 16 heavy (non-hydrogen) atoms. The summed E-state index contributed by atoms with van der Waals surface area (Å²) in [6, 6.07) is 5.72. The summed E-state index contributed by atoms with van der Waals surface area (Å²) in [7, 11) is 0. The van der Waals surface area contributed by atoms with Crippen LogP contribution >= 0.6 is 23.4 Å². The molecule has 3 heteroatoms. The van der Waals surface area contributed by atoms with Crippen LogP contribution in [-0.2, 0) is 0 Å². The number of hydrogen-bond donors (Lipinski definition) is 1. The highest BCUT2D eigenvalue weighted by atomic mass is 35.5. The van der Waals surface area contributed by atoms with Gasteiger partial charge in [0.15, 0.2) is 0 Å². The van der Waals surface area contributed by atoms with Crippen molar-refractivity contribution in [1.29, 1.82) is 0 Å². The summed E-state index contributed by atoms with van der Waals surface area (Å²) in [4.78, 5) is 1.01. The molecule has 0 radical (unpaired) electrons. The zero-order valence-corrected chi connectivity index (χ0v) is 11.8. The fraction of sp³-hybridized carbons (Fsp3) is 0.538. The van der Waals surface area contributed by atoms with Gasteiger partial charge in [0.1, 0.15) is 0 Å². The number of halogens is 1. The molecule has 90 valence electrons. The molecular weight excluding hydrogens is 240 g/mol. The third kappa shape index (κ3) is 3.69. The highest BCUT2D eigenvalue weighted by Crippen LogP contribution is 2.41. The van der Waals surface area contributed by atoms with E-state index in [-0.39, 0.29) is 4.75 Å². The molecule has 1 aromatic rings. The lowest BCUT2D eigenvalue weighted by atomic mass is 10.1. The van der Waals surface area contributed by atoms with Crippen LogP contribution in [0.3, 0.4) is 0 Å². The number of hydrogen-bond acceptors (Lipinski definition) is 2. The van der Waals surface area contributed by atoms with E-state index >= 15 is 0 Å². The van der Waals surface area contributed by atoms with Gasteiger partial charge in [-0.2, -0.15) is 0 Å². The third-order valence-corrected chi connectivity index (χ3v) is 3.85. The molecule has 1 aromatic carbocycles. The molecule has 0 spiro atoms. The van der Waals surface area contributed by atoms with Crippen molar-refractivity contribution in [2.45, 2.75) is 49.9 Å². The summed E-state index contributed by atoms with van der Waals surface area (Å²) in [5, 5.41) is 10.7. The van der Waals surface area contributed by atoms with Crippen LogP contribution in [-0.4, -0.2) is 9.85 Å². The Morgan fingerprint density at radius 3 is 2.50 bits per heavy atom. The number of rotatable bonds is 3. The maximum Gasteiger partial charge on any atom is 0.0798 e. The summed E-state index contributed by atoms with van der Waals surface area (Å²) >= 11 is 7.91. The second kappa shape index (κ2) is 5.44. The van der Waals surface area contributed by atoms with Crippen LogP contribution in [0.15, 0.2) is 23.1 Å². The molecule has 1 N–H and O–H groups in total. The van der Waals surface area contributed by atoms with Crippen molar-refractivity contribution in [3.05, 3.63) is 28.8 Å². The van der Waals surface area contributed by atoms with E-state index in [2.05, 4.69) is 20.8 Å². The smallest absolute Gasteiger partial charge is 0.0798 e. The Labute approximate surface area is 107 Å². The first kappa shape index (κ1) is 13.9. The molecule has 0 amide bonds. The third-order valence-electron chi connectivity index (χ3n) is 2.15. The van der Waals surface area contributed by atoms with Crippen molar-refractivity contribution in [1.82, 2.24) is 0 Å². The fourth-order valence-corrected chi connectivity index (χ4v) is 2.82. The van der Waals surface area contributed by atoms with Crippen molar-refractivity contribution in [3.63, 3.8) is 0 Å². The Morgan fingerprint density at radius 1 is 1.38 bits per heavy atom. The van der Waals surface area contributed by atoms with Gasteiger partial charge in [0, 0.05) is 9.64 Å². The monoisotopic (exact) mass is 258 g/mol. The van der Waals surface area contributed by atoms with E-state index in [1.165, 1.54) is 0 Å². The maximum atomic E-state index is 9.96. The summed E-state index contributed by atoms with van der Waals surface area (Å²) in [6.07, 6.45) is 0.279. The number of thioether (sulfide) groups is 1. The minimum absolute atomic E-state index is 0.0905. The Morgan fingerprint density at radius 2 is 2.00 bits per heavy atom. The molecule has 0 fully saturated rings. The highest BCUT2D eigenvalue weighted by Gasteiger charge is 2.19. The molecular formula is C13H19ClOS. The number of aliphatic hydroxyl groups is 1. The molecule has 0 saturated carbocycles. The molecule has 1 nitrogen and oxygen atoms in total. The summed E-state index contributed by atoms with van der Waals surface area (Å²) in [6.45, 7) is 8.40. The molecule has 1 unspecified atom stereocenters. The maximum absolute atomic E-state index is 9.96. The van der Waals surface area contributed by atoms with E-state index < -0.39 is 6.10 Å². The van der Waals surface area contributed by atoms with Gasteiger partial charge in [0.2, 0.25) is 0 Å². The molecule has 0 aromatic heterocycles. The van der Waals surface area contributed by atoms with Crippen molar-refractivity contribution in [2.24, 2.45) is 0 Å². The van der Waals surface area contributed by atoms with Gasteiger partial charge in [-0.1, -0.05) is 51.4 Å². The summed E-state index contributed by atoms with van der Waals surface area (Å²) < 4.78 is 0.0905. The number of aliphatic hydroxyl groups excluding tert-OH is 1. The van der Waals surface area contributed by atoms with E-state index in [1.807, 2.05) is 25.1 Å². The standard InChI is InChI=1S/C13H19ClOS/c1-5-11(15)9-7-6-8-10(14)12(9)16-13(2,3)4/h6-8,11,15H,5H2,1-4H3. The molecule has 0 aliphatic carbocycles. The van der Waals surface area contributed by atoms with E-state index in [0.29, 0.717) is 6.42 Å². The zero-order chi connectivity index (χ0) is 12.3. The van der Waals surface area contributed by atoms with Crippen LogP contribution in [0.4, 0.5) is 0 Å². The normalized spacial score (nSPS) is 13.9. The van der Waals surface area contributed by atoms with Crippen LogP contribution in [0.25, 0.3) is 0 Å². The van der Waals surface area contributed by atoms with E-state index in [1.54, 1.807) is 11.8 Å². The first-order chi connectivity index (χ1) is 7.35. The Balaban J connectivity index is 3.13. The summed E-state index contributed by atoms with van der Waals surface area (Å²) in [5.41, 5.74) is 0.940. The van der Waals surface area contributed by atoms with Crippen LogP contribution in [0.5, 0.6) is 0 Å². The van der Waals surface area contributed by atoms with Gasteiger partial charge in [0.25, 0.3) is 0 Å². The average molecular weight is 259 g/mol. The quantitative estimate of drug-likeness (QED) is 0.795. The minimum atomic E-state index is -0.427. The zero-order valence-electron chi connectivity index (χ0n) is 10.2. The van der Waals surface area contributed by atoms with Crippen LogP contribution < -0.4 is 0 Å². The molecule has 0 aliphatic rings. The largest absolute Gasteiger partial charge is 0.388 e. The fourth-order valence-electron chi connectivity index (χ4n) is 1.42. The SMILES string of the molecule is CCC(O)c1cccc(Cl)c1SC(C)(C)C. The van der Waals surface area contributed by atoms with Crippen molar-refractivity contribution >= 4 is 23.4 Å². The first-order valence-corrected chi connectivity index (χ1v) is 6.70. The predicted octanol–water partition coefficient (Wildman–Crippen LogP) is 4.67. The molecule has 1 rings (SSSR count). The van der Waals surface area contributed by atoms with Gasteiger partial charge in [0.05, 0.1) is 11.1 Å². The predicted molar refractivity (Wildman–Crippen MR) is 72.3 cm³/mol. The highest BCUT2D eigenvalue weighted by molar-refractivity contribution is 8.00. The van der Waals surface area contributed by atoms with Gasteiger partial charge in [-0.05, 0) is 18.1 Å². The van der Waals surface area contributed by atoms with Gasteiger partial charge in [-0.25, -0.2) is 0 Å². The second-order valence-electron chi connectivity index (χ2n) is 4.80. The number of benzene rings is 1. The Kier molecular flexibility index (Phi) is 4.72. The van der Waals surface area contributed by atoms with Crippen molar-refractivity contribution in [3.8, 4) is 0 Å². The lowest BCUT2D eigenvalue weighted by Crippen LogP contribution is -2.09. The molecule has 0 aliphatic heterocycles. The minimum Gasteiger partial charge on any atom is -0.388 e. The first-order valence-electron chi connectivity index (χ1n) is 5.50. The Bertz CT molecular complexity index is 357. The Hall–Kier alpha value is -0.180. The van der Waals surface area contributed by atoms with Gasteiger partial charge in [-0.15, -0.1) is 11.8 Å². The van der Waals surface area contributed by atoms with Crippen LogP contribution in [0.1, 0.15) is 45.8 Å². The van der Waals surface area contributed by atoms with Gasteiger partial charge >= 0.3 is 0 Å². The van der Waals surface area contributed by atoms with E-state index in [9.17, 15) is 5.11 Å². The molecule has 0 bridgehead atoms. The van der Waals surface area contributed by atoms with Crippen LogP contribution in [0, 0.1) is 0 Å². The molecule has 0 heterocycles. The van der Waals surface area contributed by atoms with E-state index in [0.717, 1.165) is 15.5 Å². The average Bonchev–Trinajstić information content (AvgIpc) is 2.18. The van der Waals surface area contributed by atoms with Crippen molar-refractivity contribution < 1.29 is 5.11 Å². The van der Waals surface area contributed by atoms with Crippen molar-refractivity contribution in [2.75, 3.05) is 0 Å². The topological polar surface area (TPSA) is 20.2 Å².